The second kappa shape index (κ2) is 11.8. The summed E-state index contributed by atoms with van der Waals surface area (Å²) < 4.78 is 21.4. The Kier molecular flexibility index (Phi) is 7.65. The van der Waals surface area contributed by atoms with Gasteiger partial charge in [0.1, 0.15) is 45.9 Å². The molecule has 1 saturated heterocycles. The molecular weight excluding hydrogens is 559 g/mol. The van der Waals surface area contributed by atoms with Crippen LogP contribution in [0.2, 0.25) is 5.02 Å². The average molecular weight is 585 g/mol. The Hall–Kier alpha value is -5.03. The van der Waals surface area contributed by atoms with E-state index in [1.165, 1.54) is 12.4 Å². The van der Waals surface area contributed by atoms with Crippen molar-refractivity contribution >= 4 is 51.7 Å². The van der Waals surface area contributed by atoms with Crippen molar-refractivity contribution in [3.63, 3.8) is 0 Å². The van der Waals surface area contributed by atoms with Gasteiger partial charge in [0.25, 0.3) is 0 Å². The van der Waals surface area contributed by atoms with Crippen molar-refractivity contribution in [3.05, 3.63) is 96.4 Å². The van der Waals surface area contributed by atoms with E-state index in [1.54, 1.807) is 41.6 Å². The first-order chi connectivity index (χ1) is 20.5. The number of pyridine rings is 2. The minimum Gasteiger partial charge on any atom is -0.455 e. The van der Waals surface area contributed by atoms with E-state index in [2.05, 4.69) is 42.1 Å². The number of rotatable bonds is 8. The Balaban J connectivity index is 1.21. The van der Waals surface area contributed by atoms with E-state index in [0.29, 0.717) is 41.9 Å². The number of piperidine rings is 1. The number of fused-ring (bicyclic) bond motifs is 1. The van der Waals surface area contributed by atoms with Gasteiger partial charge in [-0.15, -0.1) is 0 Å². The zero-order valence-corrected chi connectivity index (χ0v) is 23.1. The molecule has 212 valence electrons. The zero-order valence-electron chi connectivity index (χ0n) is 22.3. The molecule has 1 aromatic carbocycles. The Bertz CT molecular complexity index is 1760. The number of carbonyl (C=O) groups excluding carboxylic acids is 1. The van der Waals surface area contributed by atoms with Gasteiger partial charge >= 0.3 is 0 Å². The fraction of sp³-hybridized carbons (Fsp3) is 0.167. The van der Waals surface area contributed by atoms with Gasteiger partial charge < -0.3 is 25.3 Å². The van der Waals surface area contributed by atoms with Crippen LogP contribution in [0.15, 0.2) is 80.0 Å². The number of aromatic nitrogens is 5. The van der Waals surface area contributed by atoms with Gasteiger partial charge in [0.15, 0.2) is 5.82 Å². The largest absolute Gasteiger partial charge is 0.455 e. The van der Waals surface area contributed by atoms with Crippen molar-refractivity contribution < 1.29 is 13.9 Å². The van der Waals surface area contributed by atoms with E-state index in [-0.39, 0.29) is 28.3 Å². The lowest BCUT2D eigenvalue weighted by Gasteiger charge is -2.31. The smallest absolute Gasteiger partial charge is 0.245 e. The van der Waals surface area contributed by atoms with Crippen LogP contribution in [0, 0.1) is 5.82 Å². The predicted octanol–water partition coefficient (Wildman–Crippen LogP) is 6.71. The van der Waals surface area contributed by atoms with Crippen LogP contribution in [0.5, 0.6) is 11.5 Å². The minimum absolute atomic E-state index is 0.0663. The number of H-pyrrole nitrogens is 1. The first-order valence-electron chi connectivity index (χ1n) is 13.3. The second-order valence-corrected chi connectivity index (χ2v) is 10.1. The number of likely N-dealkylation sites (tertiary alicyclic amines) is 1. The van der Waals surface area contributed by atoms with Crippen LogP contribution in [0.25, 0.3) is 11.0 Å². The van der Waals surface area contributed by atoms with Gasteiger partial charge in [0.2, 0.25) is 5.91 Å². The molecule has 5 heterocycles. The molecule has 3 N–H and O–H groups in total. The molecule has 0 saturated carbocycles. The molecule has 1 aliphatic heterocycles. The third-order valence-electron chi connectivity index (χ3n) is 7.10. The second-order valence-electron chi connectivity index (χ2n) is 9.68. The molecule has 0 aliphatic carbocycles. The number of halogens is 2. The van der Waals surface area contributed by atoms with Crippen LogP contribution in [-0.2, 0) is 4.79 Å². The number of carbonyl (C=O) groups is 1. The Morgan fingerprint density at radius 2 is 1.90 bits per heavy atom. The summed E-state index contributed by atoms with van der Waals surface area (Å²) in [7, 11) is 0. The van der Waals surface area contributed by atoms with Crippen molar-refractivity contribution in [1.29, 1.82) is 0 Å². The molecule has 1 amide bonds. The van der Waals surface area contributed by atoms with Crippen LogP contribution in [-0.4, -0.2) is 48.8 Å². The molecule has 0 atom stereocenters. The van der Waals surface area contributed by atoms with Crippen LogP contribution >= 0.6 is 11.6 Å². The molecule has 10 nitrogen and oxygen atoms in total. The third kappa shape index (κ3) is 5.59. The Morgan fingerprint density at radius 3 is 2.69 bits per heavy atom. The predicted molar refractivity (Wildman–Crippen MR) is 159 cm³/mol. The van der Waals surface area contributed by atoms with Crippen LogP contribution < -0.4 is 15.4 Å². The minimum atomic E-state index is -0.685. The number of anilines is 4. The lowest BCUT2D eigenvalue weighted by molar-refractivity contribution is -0.127. The number of hydrogen-bond acceptors (Lipinski definition) is 8. The number of benzene rings is 1. The number of ether oxygens (including phenoxy) is 1. The highest BCUT2D eigenvalue weighted by atomic mass is 35.5. The van der Waals surface area contributed by atoms with Crippen LogP contribution in [0.4, 0.5) is 27.5 Å². The average Bonchev–Trinajstić information content (AvgIpc) is 3.46. The van der Waals surface area contributed by atoms with Crippen molar-refractivity contribution in [2.45, 2.75) is 18.8 Å². The van der Waals surface area contributed by atoms with Crippen molar-refractivity contribution in [3.8, 4) is 11.5 Å². The molecule has 1 fully saturated rings. The van der Waals surface area contributed by atoms with Crippen molar-refractivity contribution in [2.75, 3.05) is 23.7 Å². The van der Waals surface area contributed by atoms with Gasteiger partial charge in [-0.3, -0.25) is 4.79 Å². The molecule has 5 aromatic rings. The lowest BCUT2D eigenvalue weighted by atomic mass is 9.89. The van der Waals surface area contributed by atoms with E-state index in [9.17, 15) is 4.79 Å². The first-order valence-corrected chi connectivity index (χ1v) is 13.7. The topological polar surface area (TPSA) is 121 Å². The summed E-state index contributed by atoms with van der Waals surface area (Å²) in [6, 6.07) is 11.9. The van der Waals surface area contributed by atoms with Gasteiger partial charge in [-0.05, 0) is 60.7 Å². The molecule has 0 radical (unpaired) electrons. The Morgan fingerprint density at radius 1 is 1.07 bits per heavy atom. The molecule has 12 heteroatoms. The normalized spacial score (nSPS) is 13.6. The summed E-state index contributed by atoms with van der Waals surface area (Å²) in [4.78, 5) is 34.2. The molecule has 0 unspecified atom stereocenters. The van der Waals surface area contributed by atoms with Crippen LogP contribution in [0.1, 0.15) is 24.3 Å². The fourth-order valence-electron chi connectivity index (χ4n) is 5.02. The number of amides is 1. The maximum atomic E-state index is 15.5. The van der Waals surface area contributed by atoms with E-state index in [4.69, 9.17) is 16.3 Å². The summed E-state index contributed by atoms with van der Waals surface area (Å²) >= 11 is 6.43. The highest BCUT2D eigenvalue weighted by molar-refractivity contribution is 6.32. The first kappa shape index (κ1) is 27.2. The van der Waals surface area contributed by atoms with Gasteiger partial charge in [-0.1, -0.05) is 24.2 Å². The van der Waals surface area contributed by atoms with E-state index < -0.39 is 5.82 Å². The molecule has 4 aromatic heterocycles. The van der Waals surface area contributed by atoms with Crippen LogP contribution in [0.3, 0.4) is 0 Å². The zero-order chi connectivity index (χ0) is 29.1. The number of aromatic amines is 1. The van der Waals surface area contributed by atoms with Crippen molar-refractivity contribution in [1.82, 2.24) is 29.8 Å². The summed E-state index contributed by atoms with van der Waals surface area (Å²) in [5.74, 6) is 1.57. The van der Waals surface area contributed by atoms with Gasteiger partial charge in [0.05, 0.1) is 11.1 Å². The number of hydrogen-bond donors (Lipinski definition) is 3. The van der Waals surface area contributed by atoms with E-state index >= 15 is 4.39 Å². The molecule has 1 aliphatic rings. The molecule has 6 rings (SSSR count). The maximum Gasteiger partial charge on any atom is 0.245 e. The SMILES string of the molecule is C=CC(=O)N1CCC(c2c[nH]c3ncnc(Nc4ccc(Oc5ccnc(Nc6ccccn6)c5)c(Cl)c4F)c23)CC1. The summed E-state index contributed by atoms with van der Waals surface area (Å²) in [5.41, 5.74) is 1.78. The number of nitrogens with one attached hydrogen (secondary N) is 3. The quantitative estimate of drug-likeness (QED) is 0.172. The third-order valence-corrected chi connectivity index (χ3v) is 7.45. The Labute approximate surface area is 245 Å². The van der Waals surface area contributed by atoms with E-state index in [1.807, 2.05) is 24.4 Å². The summed E-state index contributed by atoms with van der Waals surface area (Å²) in [6.07, 6.45) is 9.45. The fourth-order valence-corrected chi connectivity index (χ4v) is 5.22. The molecule has 42 heavy (non-hydrogen) atoms. The standard InChI is InChI=1S/C30H26ClFN8O2/c1-2-25(41)40-13-9-18(10-14-40)20-16-35-29-26(20)30(37-17-36-29)38-21-6-7-22(27(31)28(21)32)42-19-8-12-34-24(15-19)39-23-5-3-4-11-33-23/h2-8,11-12,15-18H,1,9-10,13-14H2,(H,33,34,39)(H2,35,36,37,38). The summed E-state index contributed by atoms with van der Waals surface area (Å²) in [5, 5.41) is 6.77. The van der Waals surface area contributed by atoms with Gasteiger partial charge in [-0.25, -0.2) is 24.3 Å². The lowest BCUT2D eigenvalue weighted by Crippen LogP contribution is -2.36. The number of nitrogens with zero attached hydrogens (tertiary/aromatic N) is 5. The monoisotopic (exact) mass is 584 g/mol. The van der Waals surface area contributed by atoms with Gasteiger partial charge in [-0.2, -0.15) is 0 Å². The van der Waals surface area contributed by atoms with Crippen molar-refractivity contribution in [2.24, 2.45) is 0 Å². The molecule has 0 bridgehead atoms. The molecular formula is C30H26ClFN8O2. The molecule has 0 spiro atoms. The summed E-state index contributed by atoms with van der Waals surface area (Å²) in [6.45, 7) is 4.83. The van der Waals surface area contributed by atoms with Gasteiger partial charge in [0, 0.05) is 37.7 Å². The highest BCUT2D eigenvalue weighted by Crippen LogP contribution is 2.39. The van der Waals surface area contributed by atoms with E-state index in [0.717, 1.165) is 23.8 Å². The highest BCUT2D eigenvalue weighted by Gasteiger charge is 2.26. The maximum absolute atomic E-state index is 15.5.